The van der Waals surface area contributed by atoms with Crippen LogP contribution in [-0.2, 0) is 22.7 Å². The lowest BCUT2D eigenvalue weighted by Crippen LogP contribution is -2.47. The average molecular weight is 570 g/mol. The van der Waals surface area contributed by atoms with E-state index in [4.69, 9.17) is 9.47 Å². The number of carbonyl (C=O) groups excluding carboxylic acids is 2. The molecule has 0 unspecified atom stereocenters. The number of carbonyl (C=O) groups is 2. The van der Waals surface area contributed by atoms with Gasteiger partial charge in [0.25, 0.3) is 0 Å². The summed E-state index contributed by atoms with van der Waals surface area (Å²) in [6.07, 6.45) is 4.69. The van der Waals surface area contributed by atoms with Gasteiger partial charge >= 0.3 is 0 Å². The standard InChI is InChI=1S/C33H39N5O4/c1-41-29-22-28-26(21-30(29)42-24-25-9-3-2-4-10-25)23-38-27(12-13-32(38)39)33(40)37(28)16-8-7-15-35-17-19-36(20-18-35)31-11-5-6-14-34-31/h2-6,9-11,14,21-22,27H,7-8,12-13,15-20,23-24H2,1H3/t27-/m1/s1. The molecule has 2 fully saturated rings. The normalized spacial score (nSPS) is 19.0. The highest BCUT2D eigenvalue weighted by Gasteiger charge is 2.42. The number of aromatic nitrogens is 1. The Morgan fingerprint density at radius 3 is 2.45 bits per heavy atom. The van der Waals surface area contributed by atoms with E-state index in [1.165, 1.54) is 0 Å². The number of anilines is 2. The van der Waals surface area contributed by atoms with Crippen LogP contribution < -0.4 is 19.3 Å². The monoisotopic (exact) mass is 569 g/mol. The van der Waals surface area contributed by atoms with Crippen molar-refractivity contribution >= 4 is 23.3 Å². The second kappa shape index (κ2) is 12.8. The summed E-state index contributed by atoms with van der Waals surface area (Å²) in [5.74, 6) is 2.28. The van der Waals surface area contributed by atoms with Crippen molar-refractivity contribution in [3.63, 3.8) is 0 Å². The number of benzene rings is 2. The first-order chi connectivity index (χ1) is 20.6. The molecule has 3 aliphatic heterocycles. The van der Waals surface area contributed by atoms with Crippen LogP contribution in [0.3, 0.4) is 0 Å². The topological polar surface area (TPSA) is 78.5 Å². The number of rotatable bonds is 10. The summed E-state index contributed by atoms with van der Waals surface area (Å²) in [5.41, 5.74) is 2.78. The zero-order valence-corrected chi connectivity index (χ0v) is 24.3. The van der Waals surface area contributed by atoms with Gasteiger partial charge in [-0.15, -0.1) is 0 Å². The first-order valence-electron chi connectivity index (χ1n) is 15.0. The first-order valence-corrected chi connectivity index (χ1v) is 15.0. The molecule has 3 aromatic rings. The van der Waals surface area contributed by atoms with E-state index < -0.39 is 6.04 Å². The van der Waals surface area contributed by atoms with E-state index >= 15 is 0 Å². The fourth-order valence-electron chi connectivity index (χ4n) is 6.22. The molecule has 4 heterocycles. The second-order valence-corrected chi connectivity index (χ2v) is 11.2. The van der Waals surface area contributed by atoms with Crippen molar-refractivity contribution in [2.75, 3.05) is 56.2 Å². The Morgan fingerprint density at radius 2 is 1.69 bits per heavy atom. The Bertz CT molecular complexity index is 1380. The molecule has 2 saturated heterocycles. The Hall–Kier alpha value is -4.11. The lowest BCUT2D eigenvalue weighted by atomic mass is 10.1. The zero-order chi connectivity index (χ0) is 28.9. The smallest absolute Gasteiger partial charge is 0.249 e. The summed E-state index contributed by atoms with van der Waals surface area (Å²) in [4.78, 5) is 39.6. The van der Waals surface area contributed by atoms with Crippen molar-refractivity contribution < 1.29 is 19.1 Å². The Kier molecular flexibility index (Phi) is 8.55. The Balaban J connectivity index is 1.13. The number of pyridine rings is 1. The van der Waals surface area contributed by atoms with Crippen LogP contribution in [0.4, 0.5) is 11.5 Å². The minimum absolute atomic E-state index is 0.00332. The first kappa shape index (κ1) is 28.0. The summed E-state index contributed by atoms with van der Waals surface area (Å²) < 4.78 is 11.9. The molecule has 2 amide bonds. The summed E-state index contributed by atoms with van der Waals surface area (Å²) in [6.45, 7) is 6.34. The number of amides is 2. The molecular weight excluding hydrogens is 530 g/mol. The molecular formula is C33H39N5O4. The highest BCUT2D eigenvalue weighted by molar-refractivity contribution is 6.02. The third-order valence-electron chi connectivity index (χ3n) is 8.56. The number of hydrogen-bond acceptors (Lipinski definition) is 7. The molecule has 0 saturated carbocycles. The number of fused-ring (bicyclic) bond motifs is 2. The van der Waals surface area contributed by atoms with Crippen LogP contribution in [0.1, 0.15) is 36.8 Å². The van der Waals surface area contributed by atoms with Crippen molar-refractivity contribution in [1.82, 2.24) is 14.8 Å². The van der Waals surface area contributed by atoms with E-state index in [1.54, 1.807) is 12.0 Å². The predicted octanol–water partition coefficient (Wildman–Crippen LogP) is 4.11. The molecule has 3 aliphatic rings. The predicted molar refractivity (Wildman–Crippen MR) is 162 cm³/mol. The molecule has 0 radical (unpaired) electrons. The third-order valence-corrected chi connectivity index (χ3v) is 8.56. The number of nitrogens with zero attached hydrogens (tertiary/aromatic N) is 5. The van der Waals surface area contributed by atoms with Crippen molar-refractivity contribution in [2.45, 2.75) is 44.9 Å². The molecule has 2 aromatic carbocycles. The fourth-order valence-corrected chi connectivity index (χ4v) is 6.22. The molecule has 1 aromatic heterocycles. The van der Waals surface area contributed by atoms with E-state index in [2.05, 4.69) is 20.9 Å². The lowest BCUT2D eigenvalue weighted by molar-refractivity contribution is -0.134. The minimum Gasteiger partial charge on any atom is -0.493 e. The molecule has 42 heavy (non-hydrogen) atoms. The SMILES string of the molecule is COc1cc2c(cc1OCc1ccccc1)CN1C(=O)CC[C@@H]1C(=O)N2CCCCN1CCN(c2ccccn2)CC1. The largest absolute Gasteiger partial charge is 0.493 e. The molecule has 0 bridgehead atoms. The van der Waals surface area contributed by atoms with Crippen molar-refractivity contribution in [3.05, 3.63) is 78.0 Å². The number of piperazine rings is 1. The Morgan fingerprint density at radius 1 is 0.905 bits per heavy atom. The quantitative estimate of drug-likeness (QED) is 0.340. The maximum absolute atomic E-state index is 13.8. The molecule has 6 rings (SSSR count). The maximum Gasteiger partial charge on any atom is 0.249 e. The van der Waals surface area contributed by atoms with Crippen LogP contribution in [0.5, 0.6) is 11.5 Å². The van der Waals surface area contributed by atoms with Crippen LogP contribution in [0.15, 0.2) is 66.9 Å². The maximum atomic E-state index is 13.8. The molecule has 0 aliphatic carbocycles. The van der Waals surface area contributed by atoms with Crippen molar-refractivity contribution in [2.24, 2.45) is 0 Å². The van der Waals surface area contributed by atoms with E-state index in [9.17, 15) is 9.59 Å². The second-order valence-electron chi connectivity index (χ2n) is 11.2. The van der Waals surface area contributed by atoms with Gasteiger partial charge in [0.15, 0.2) is 11.5 Å². The van der Waals surface area contributed by atoms with Crippen LogP contribution in [0, 0.1) is 0 Å². The number of unbranched alkanes of at least 4 members (excludes halogenated alkanes) is 1. The fraction of sp³-hybridized carbons (Fsp3) is 0.424. The van der Waals surface area contributed by atoms with Crippen LogP contribution in [0.25, 0.3) is 0 Å². The van der Waals surface area contributed by atoms with E-state index in [0.717, 1.165) is 68.2 Å². The van der Waals surface area contributed by atoms with Crippen LogP contribution >= 0.6 is 0 Å². The van der Waals surface area contributed by atoms with E-state index in [0.29, 0.717) is 44.0 Å². The minimum atomic E-state index is -0.413. The molecule has 0 N–H and O–H groups in total. The van der Waals surface area contributed by atoms with Gasteiger partial charge in [0, 0.05) is 58.0 Å². The van der Waals surface area contributed by atoms with E-state index in [1.807, 2.05) is 65.7 Å². The van der Waals surface area contributed by atoms with Gasteiger partial charge < -0.3 is 24.2 Å². The number of methoxy groups -OCH3 is 1. The highest BCUT2D eigenvalue weighted by atomic mass is 16.5. The summed E-state index contributed by atoms with van der Waals surface area (Å²) >= 11 is 0. The van der Waals surface area contributed by atoms with Gasteiger partial charge in [0.1, 0.15) is 18.5 Å². The van der Waals surface area contributed by atoms with Gasteiger partial charge in [-0.1, -0.05) is 36.4 Å². The highest BCUT2D eigenvalue weighted by Crippen LogP contribution is 2.40. The number of hydrogen-bond donors (Lipinski definition) is 0. The van der Waals surface area contributed by atoms with Gasteiger partial charge in [0.05, 0.1) is 12.8 Å². The van der Waals surface area contributed by atoms with Crippen molar-refractivity contribution in [1.29, 1.82) is 0 Å². The van der Waals surface area contributed by atoms with E-state index in [-0.39, 0.29) is 11.8 Å². The number of ether oxygens (including phenoxy) is 2. The van der Waals surface area contributed by atoms with Crippen LogP contribution in [0.2, 0.25) is 0 Å². The van der Waals surface area contributed by atoms with Gasteiger partial charge in [-0.3, -0.25) is 14.5 Å². The summed E-state index contributed by atoms with van der Waals surface area (Å²) in [5, 5.41) is 0. The molecule has 9 heteroatoms. The average Bonchev–Trinajstić information content (AvgIpc) is 3.35. The van der Waals surface area contributed by atoms with Gasteiger partial charge in [-0.2, -0.15) is 0 Å². The van der Waals surface area contributed by atoms with Crippen LogP contribution in [-0.4, -0.2) is 79.0 Å². The zero-order valence-electron chi connectivity index (χ0n) is 24.3. The van der Waals surface area contributed by atoms with Gasteiger partial charge in [0.2, 0.25) is 11.8 Å². The molecule has 220 valence electrons. The van der Waals surface area contributed by atoms with Gasteiger partial charge in [-0.25, -0.2) is 4.98 Å². The molecule has 0 spiro atoms. The third kappa shape index (κ3) is 6.06. The molecule has 1 atom stereocenters. The summed E-state index contributed by atoms with van der Waals surface area (Å²) in [6, 6.07) is 19.5. The molecule has 9 nitrogen and oxygen atoms in total. The van der Waals surface area contributed by atoms with Crippen molar-refractivity contribution in [3.8, 4) is 11.5 Å². The summed E-state index contributed by atoms with van der Waals surface area (Å²) in [7, 11) is 1.62. The van der Waals surface area contributed by atoms with Gasteiger partial charge in [-0.05, 0) is 55.1 Å². The Labute approximate surface area is 247 Å². The lowest BCUT2D eigenvalue weighted by Gasteiger charge is -2.35.